The molecule has 0 radical (unpaired) electrons. The molecule has 1 rings (SSSR count). The van der Waals surface area contributed by atoms with E-state index in [1.165, 1.54) is 4.31 Å². The predicted molar refractivity (Wildman–Crippen MR) is 55.6 cm³/mol. The van der Waals surface area contributed by atoms with Crippen LogP contribution in [-0.2, 0) is 14.9 Å². The van der Waals surface area contributed by atoms with Crippen molar-refractivity contribution in [2.75, 3.05) is 32.9 Å². The van der Waals surface area contributed by atoms with Crippen LogP contribution in [0.4, 0.5) is 0 Å². The van der Waals surface area contributed by atoms with E-state index in [-0.39, 0.29) is 12.6 Å². The van der Waals surface area contributed by atoms with Crippen molar-refractivity contribution in [1.29, 1.82) is 0 Å². The van der Waals surface area contributed by atoms with Gasteiger partial charge >= 0.3 is 0 Å². The fourth-order valence-corrected chi connectivity index (χ4v) is 2.77. The Hall–Kier alpha value is -0.210. The fraction of sp³-hybridized carbons (Fsp3) is 1.00. The maximum absolute atomic E-state index is 11.7. The molecule has 1 atom stereocenters. The van der Waals surface area contributed by atoms with Gasteiger partial charge in [0.1, 0.15) is 0 Å². The number of aliphatic hydroxyl groups is 1. The molecule has 0 saturated carbocycles. The summed E-state index contributed by atoms with van der Waals surface area (Å²) in [5.74, 6) is 0. The third-order valence-corrected chi connectivity index (χ3v) is 3.97. The first-order valence-corrected chi connectivity index (χ1v) is 6.46. The molecule has 0 spiro atoms. The average molecular weight is 238 g/mol. The third-order valence-electron chi connectivity index (χ3n) is 2.22. The Bertz CT molecular complexity index is 274. The topological polar surface area (TPSA) is 78.9 Å². The minimum absolute atomic E-state index is 0.0210. The van der Waals surface area contributed by atoms with Crippen LogP contribution in [0.5, 0.6) is 0 Å². The van der Waals surface area contributed by atoms with E-state index in [1.54, 1.807) is 6.92 Å². The molecule has 90 valence electrons. The molecule has 6 nitrogen and oxygen atoms in total. The maximum atomic E-state index is 11.7. The summed E-state index contributed by atoms with van der Waals surface area (Å²) in [4.78, 5) is 0. The van der Waals surface area contributed by atoms with E-state index in [0.29, 0.717) is 32.7 Å². The standard InChI is InChI=1S/C8H18N2O4S/c1-8(2-5-11)9-15(12,13)10-3-6-14-7-4-10/h8-9,11H,2-7H2,1H3. The Morgan fingerprint density at radius 3 is 2.60 bits per heavy atom. The first kappa shape index (κ1) is 12.9. The second-order valence-corrected chi connectivity index (χ2v) is 5.25. The highest BCUT2D eigenvalue weighted by Gasteiger charge is 2.25. The highest BCUT2D eigenvalue weighted by atomic mass is 32.2. The van der Waals surface area contributed by atoms with Gasteiger partial charge in [-0.3, -0.25) is 0 Å². The molecule has 1 aliphatic heterocycles. The second kappa shape index (κ2) is 5.76. The Kier molecular flexibility index (Phi) is 4.94. The second-order valence-electron chi connectivity index (χ2n) is 3.55. The summed E-state index contributed by atoms with van der Waals surface area (Å²) in [6.07, 6.45) is 0.420. The number of aliphatic hydroxyl groups excluding tert-OH is 1. The van der Waals surface area contributed by atoms with Crippen LogP contribution in [0.15, 0.2) is 0 Å². The average Bonchev–Trinajstić information content (AvgIpc) is 2.18. The smallest absolute Gasteiger partial charge is 0.279 e. The zero-order valence-electron chi connectivity index (χ0n) is 8.85. The molecule has 15 heavy (non-hydrogen) atoms. The molecule has 1 heterocycles. The number of nitrogens with one attached hydrogen (secondary N) is 1. The van der Waals surface area contributed by atoms with Gasteiger partial charge in [0.15, 0.2) is 0 Å². The van der Waals surface area contributed by atoms with Crippen molar-refractivity contribution in [1.82, 2.24) is 9.03 Å². The first-order valence-electron chi connectivity index (χ1n) is 5.02. The van der Waals surface area contributed by atoms with Crippen LogP contribution < -0.4 is 4.72 Å². The molecule has 0 bridgehead atoms. The van der Waals surface area contributed by atoms with Gasteiger partial charge in [-0.15, -0.1) is 0 Å². The Labute approximate surface area is 90.4 Å². The summed E-state index contributed by atoms with van der Waals surface area (Å²) < 4.78 is 32.4. The van der Waals surface area contributed by atoms with Crippen molar-refractivity contribution < 1.29 is 18.3 Å². The summed E-state index contributed by atoms with van der Waals surface area (Å²) in [5.41, 5.74) is 0. The van der Waals surface area contributed by atoms with Crippen molar-refractivity contribution >= 4 is 10.2 Å². The van der Waals surface area contributed by atoms with Gasteiger partial charge in [0.05, 0.1) is 13.2 Å². The molecule has 1 aliphatic rings. The lowest BCUT2D eigenvalue weighted by molar-refractivity contribution is 0.0723. The third kappa shape index (κ3) is 4.04. The van der Waals surface area contributed by atoms with Crippen molar-refractivity contribution in [3.8, 4) is 0 Å². The van der Waals surface area contributed by atoms with Gasteiger partial charge < -0.3 is 9.84 Å². The van der Waals surface area contributed by atoms with Gasteiger partial charge in [-0.1, -0.05) is 0 Å². The van der Waals surface area contributed by atoms with Crippen LogP contribution in [0.2, 0.25) is 0 Å². The number of rotatable bonds is 5. The molecule has 0 aromatic carbocycles. The highest BCUT2D eigenvalue weighted by molar-refractivity contribution is 7.87. The van der Waals surface area contributed by atoms with Crippen molar-refractivity contribution in [2.45, 2.75) is 19.4 Å². The lowest BCUT2D eigenvalue weighted by Gasteiger charge is -2.27. The summed E-state index contributed by atoms with van der Waals surface area (Å²) >= 11 is 0. The van der Waals surface area contributed by atoms with Gasteiger partial charge in [-0.05, 0) is 13.3 Å². The molecule has 0 aromatic rings. The van der Waals surface area contributed by atoms with E-state index in [0.717, 1.165) is 0 Å². The van der Waals surface area contributed by atoms with Crippen LogP contribution in [0.1, 0.15) is 13.3 Å². The fourth-order valence-electron chi connectivity index (χ4n) is 1.37. The molecule has 0 aromatic heterocycles. The van der Waals surface area contributed by atoms with Crippen LogP contribution in [0, 0.1) is 0 Å². The predicted octanol–water partition coefficient (Wildman–Crippen LogP) is -1.08. The summed E-state index contributed by atoms with van der Waals surface area (Å²) in [6, 6.07) is -0.247. The van der Waals surface area contributed by atoms with Gasteiger partial charge in [-0.2, -0.15) is 17.4 Å². The van der Waals surface area contributed by atoms with E-state index in [9.17, 15) is 8.42 Å². The lowest BCUT2D eigenvalue weighted by Crippen LogP contribution is -2.49. The minimum Gasteiger partial charge on any atom is -0.396 e. The number of hydrogen-bond donors (Lipinski definition) is 2. The van der Waals surface area contributed by atoms with Gasteiger partial charge in [0.25, 0.3) is 10.2 Å². The maximum Gasteiger partial charge on any atom is 0.279 e. The number of nitrogens with zero attached hydrogens (tertiary/aromatic N) is 1. The zero-order valence-corrected chi connectivity index (χ0v) is 9.66. The normalized spacial score (nSPS) is 21.5. The molecule has 2 N–H and O–H groups in total. The molecule has 1 saturated heterocycles. The SMILES string of the molecule is CC(CCO)NS(=O)(=O)N1CCOCC1. The van der Waals surface area contributed by atoms with Crippen molar-refractivity contribution in [3.05, 3.63) is 0 Å². The Morgan fingerprint density at radius 1 is 1.47 bits per heavy atom. The molecule has 0 aliphatic carbocycles. The highest BCUT2D eigenvalue weighted by Crippen LogP contribution is 2.04. The van der Waals surface area contributed by atoms with Crippen LogP contribution in [0.3, 0.4) is 0 Å². The monoisotopic (exact) mass is 238 g/mol. The molecule has 7 heteroatoms. The largest absolute Gasteiger partial charge is 0.396 e. The first-order chi connectivity index (χ1) is 7.06. The van der Waals surface area contributed by atoms with E-state index < -0.39 is 10.2 Å². The van der Waals surface area contributed by atoms with Crippen molar-refractivity contribution in [3.63, 3.8) is 0 Å². The number of hydrogen-bond acceptors (Lipinski definition) is 4. The number of morpholine rings is 1. The van der Waals surface area contributed by atoms with Gasteiger partial charge in [0.2, 0.25) is 0 Å². The Morgan fingerprint density at radius 2 is 2.07 bits per heavy atom. The van der Waals surface area contributed by atoms with E-state index in [2.05, 4.69) is 4.72 Å². The molecule has 1 fully saturated rings. The van der Waals surface area contributed by atoms with E-state index in [1.807, 2.05) is 0 Å². The zero-order chi connectivity index (χ0) is 11.3. The quantitative estimate of drug-likeness (QED) is 0.639. The molecule has 0 amide bonds. The Balaban J connectivity index is 2.49. The van der Waals surface area contributed by atoms with Crippen molar-refractivity contribution in [2.24, 2.45) is 0 Å². The summed E-state index contributed by atoms with van der Waals surface area (Å²) in [5, 5.41) is 8.68. The molecular formula is C8H18N2O4S. The van der Waals surface area contributed by atoms with Crippen LogP contribution in [0.25, 0.3) is 0 Å². The molecule has 1 unspecified atom stereocenters. The summed E-state index contributed by atoms with van der Waals surface area (Å²) in [7, 11) is -3.41. The summed E-state index contributed by atoms with van der Waals surface area (Å²) in [6.45, 7) is 3.37. The van der Waals surface area contributed by atoms with Gasteiger partial charge in [-0.25, -0.2) is 0 Å². The minimum atomic E-state index is -3.41. The number of ether oxygens (including phenoxy) is 1. The molecular weight excluding hydrogens is 220 g/mol. The van der Waals surface area contributed by atoms with Crippen LogP contribution >= 0.6 is 0 Å². The van der Waals surface area contributed by atoms with Crippen LogP contribution in [-0.4, -0.2) is 56.8 Å². The van der Waals surface area contributed by atoms with Gasteiger partial charge in [0, 0.05) is 25.7 Å². The lowest BCUT2D eigenvalue weighted by atomic mass is 10.3. The van der Waals surface area contributed by atoms with E-state index in [4.69, 9.17) is 9.84 Å². The van der Waals surface area contributed by atoms with E-state index >= 15 is 0 Å².